The molecule has 0 heterocycles. The molecule has 9 heteroatoms. The zero-order valence-corrected chi connectivity index (χ0v) is 15.1. The van der Waals surface area contributed by atoms with Crippen molar-refractivity contribution in [2.75, 3.05) is 13.2 Å². The van der Waals surface area contributed by atoms with Gasteiger partial charge in [-0.3, -0.25) is 0 Å². The number of ether oxygens (including phenoxy) is 1. The fourth-order valence-corrected chi connectivity index (χ4v) is 4.49. The molecule has 0 saturated heterocycles. The fraction of sp³-hybridized carbons (Fsp3) is 0.588. The highest BCUT2D eigenvalue weighted by Gasteiger charge is 2.38. The number of hydrogen-bond acceptors (Lipinski definition) is 4. The summed E-state index contributed by atoms with van der Waals surface area (Å²) in [5, 5.41) is 8.47. The van der Waals surface area contributed by atoms with Crippen LogP contribution in [0.15, 0.2) is 29.2 Å². The number of rotatable bonds is 10. The van der Waals surface area contributed by atoms with Crippen LogP contribution in [0.3, 0.4) is 0 Å². The van der Waals surface area contributed by atoms with Crippen LogP contribution in [-0.4, -0.2) is 44.9 Å². The van der Waals surface area contributed by atoms with Gasteiger partial charge in [0.2, 0.25) is 10.0 Å². The molecule has 26 heavy (non-hydrogen) atoms. The smallest absolute Gasteiger partial charge is 0.329 e. The summed E-state index contributed by atoms with van der Waals surface area (Å²) in [4.78, 5) is 10.3. The first-order chi connectivity index (χ1) is 12.3. The first-order valence-electron chi connectivity index (χ1n) is 8.51. The molecule has 1 aromatic carbocycles. The van der Waals surface area contributed by atoms with E-state index in [0.717, 1.165) is 12.1 Å². The van der Waals surface area contributed by atoms with E-state index in [1.54, 1.807) is 0 Å². The van der Waals surface area contributed by atoms with Gasteiger partial charge in [-0.05, 0) is 49.9 Å². The Hall–Kier alpha value is -1.58. The highest BCUT2D eigenvalue weighted by atomic mass is 32.2. The molecule has 0 aliphatic heterocycles. The molecule has 2 N–H and O–H groups in total. The molecule has 0 unspecified atom stereocenters. The third kappa shape index (κ3) is 6.00. The van der Waals surface area contributed by atoms with Gasteiger partial charge in [-0.2, -0.15) is 0 Å². The van der Waals surface area contributed by atoms with E-state index in [1.165, 1.54) is 12.1 Å². The summed E-state index contributed by atoms with van der Waals surface area (Å²) < 4.78 is 59.4. The molecular weight excluding hydrogens is 368 g/mol. The van der Waals surface area contributed by atoms with Crippen molar-refractivity contribution in [3.63, 3.8) is 0 Å². The number of unbranched alkanes of at least 4 members (excludes halogenated alkanes) is 1. The summed E-state index contributed by atoms with van der Waals surface area (Å²) in [6, 6.07) is 3.97. The van der Waals surface area contributed by atoms with Crippen molar-refractivity contribution in [3.05, 3.63) is 30.1 Å². The van der Waals surface area contributed by atoms with Gasteiger partial charge in [-0.15, -0.1) is 0 Å². The van der Waals surface area contributed by atoms with Gasteiger partial charge >= 0.3 is 5.97 Å². The van der Waals surface area contributed by atoms with Crippen molar-refractivity contribution in [2.24, 2.45) is 5.92 Å². The zero-order chi connectivity index (χ0) is 19.2. The van der Waals surface area contributed by atoms with Crippen LogP contribution in [-0.2, 0) is 19.6 Å². The lowest BCUT2D eigenvalue weighted by Gasteiger charge is -2.22. The Morgan fingerprint density at radius 1 is 1.23 bits per heavy atom. The molecule has 0 radical (unpaired) electrons. The maximum Gasteiger partial charge on any atom is 0.329 e. The van der Waals surface area contributed by atoms with Crippen LogP contribution in [0.25, 0.3) is 0 Å². The average molecular weight is 391 g/mol. The number of alkyl halides is 1. The Morgan fingerprint density at radius 3 is 2.58 bits per heavy atom. The zero-order valence-electron chi connectivity index (χ0n) is 14.2. The van der Waals surface area contributed by atoms with Gasteiger partial charge in [-0.1, -0.05) is 6.42 Å². The number of hydrogen-bond donors (Lipinski definition) is 2. The monoisotopic (exact) mass is 391 g/mol. The van der Waals surface area contributed by atoms with Gasteiger partial charge in [0, 0.05) is 18.6 Å². The Labute approximate surface area is 151 Å². The van der Waals surface area contributed by atoms with Crippen LogP contribution in [0.2, 0.25) is 0 Å². The molecule has 1 aliphatic carbocycles. The fourth-order valence-electron chi connectivity index (χ4n) is 3.17. The average Bonchev–Trinajstić information content (AvgIpc) is 2.90. The van der Waals surface area contributed by atoms with E-state index in [1.807, 2.05) is 0 Å². The normalized spacial score (nSPS) is 23.2. The lowest BCUT2D eigenvalue weighted by molar-refractivity contribution is -0.142. The van der Waals surface area contributed by atoms with Crippen LogP contribution >= 0.6 is 0 Å². The first-order valence-corrected chi connectivity index (χ1v) is 9.99. The number of carboxylic acid groups (broad SMARTS) is 1. The van der Waals surface area contributed by atoms with E-state index in [9.17, 15) is 22.0 Å². The van der Waals surface area contributed by atoms with Crippen molar-refractivity contribution in [2.45, 2.75) is 49.2 Å². The predicted octanol–water partition coefficient (Wildman–Crippen LogP) is 2.49. The molecule has 3 atom stereocenters. The first kappa shape index (κ1) is 20.7. The van der Waals surface area contributed by atoms with E-state index < -0.39 is 39.9 Å². The Morgan fingerprint density at radius 2 is 1.92 bits per heavy atom. The number of carbonyl (C=O) groups is 1. The van der Waals surface area contributed by atoms with Gasteiger partial charge in [-0.25, -0.2) is 26.7 Å². The van der Waals surface area contributed by atoms with Crippen LogP contribution in [0.4, 0.5) is 8.78 Å². The Kier molecular flexibility index (Phi) is 7.48. The van der Waals surface area contributed by atoms with E-state index in [0.29, 0.717) is 25.7 Å². The molecule has 0 amide bonds. The molecule has 0 spiro atoms. The summed E-state index contributed by atoms with van der Waals surface area (Å²) in [7, 11) is -3.84. The minimum absolute atomic E-state index is 0.0537. The number of aliphatic carboxylic acids is 1. The van der Waals surface area contributed by atoms with Gasteiger partial charge in [0.05, 0.1) is 4.90 Å². The van der Waals surface area contributed by atoms with Crippen molar-refractivity contribution in [1.29, 1.82) is 0 Å². The largest absolute Gasteiger partial charge is 0.480 e. The van der Waals surface area contributed by atoms with Crippen LogP contribution in [0.5, 0.6) is 0 Å². The summed E-state index contributed by atoms with van der Waals surface area (Å²) in [5.74, 6) is -2.01. The van der Waals surface area contributed by atoms with E-state index in [-0.39, 0.29) is 24.5 Å². The van der Waals surface area contributed by atoms with Crippen molar-refractivity contribution >= 4 is 16.0 Å². The maximum absolute atomic E-state index is 14.2. The second-order valence-corrected chi connectivity index (χ2v) is 8.09. The molecule has 0 aromatic heterocycles. The summed E-state index contributed by atoms with van der Waals surface area (Å²) >= 11 is 0. The SMILES string of the molecule is O=C(O)COCCCC[C@H]1[C@H](F)CC[C@@H]1NS(=O)(=O)c1ccc(F)cc1. The summed E-state index contributed by atoms with van der Waals surface area (Å²) in [5.41, 5.74) is 0. The van der Waals surface area contributed by atoms with E-state index >= 15 is 0 Å². The lowest BCUT2D eigenvalue weighted by Crippen LogP contribution is -2.39. The van der Waals surface area contributed by atoms with Crippen LogP contribution in [0.1, 0.15) is 32.1 Å². The Balaban J connectivity index is 1.87. The number of halogens is 2. The van der Waals surface area contributed by atoms with Crippen molar-refractivity contribution in [3.8, 4) is 0 Å². The number of nitrogens with one attached hydrogen (secondary N) is 1. The Bertz CT molecular complexity index is 696. The number of sulfonamides is 1. The second-order valence-electron chi connectivity index (χ2n) is 6.38. The standard InChI is InChI=1S/C17H23F2NO5S/c18-12-4-6-13(7-5-12)26(23,24)20-16-9-8-15(19)14(16)3-1-2-10-25-11-17(21)22/h4-7,14-16,20H,1-3,8-11H2,(H,21,22)/t14-,15+,16-/m0/s1. The van der Waals surface area contributed by atoms with Gasteiger partial charge in [0.25, 0.3) is 0 Å². The third-order valence-electron chi connectivity index (χ3n) is 4.47. The molecular formula is C17H23F2NO5S. The maximum atomic E-state index is 14.2. The quantitative estimate of drug-likeness (QED) is 0.598. The topological polar surface area (TPSA) is 92.7 Å². The van der Waals surface area contributed by atoms with E-state index in [4.69, 9.17) is 9.84 Å². The molecule has 0 bridgehead atoms. The molecule has 1 aromatic rings. The molecule has 2 rings (SSSR count). The number of carboxylic acids is 1. The molecule has 1 fully saturated rings. The van der Waals surface area contributed by atoms with Crippen molar-refractivity contribution in [1.82, 2.24) is 4.72 Å². The molecule has 6 nitrogen and oxygen atoms in total. The molecule has 146 valence electrons. The summed E-state index contributed by atoms with van der Waals surface area (Å²) in [6.45, 7) is -0.1000. The van der Waals surface area contributed by atoms with Gasteiger partial charge < -0.3 is 9.84 Å². The number of benzene rings is 1. The highest BCUT2D eigenvalue weighted by Crippen LogP contribution is 2.33. The predicted molar refractivity (Wildman–Crippen MR) is 90.4 cm³/mol. The van der Waals surface area contributed by atoms with Crippen molar-refractivity contribution < 1.29 is 31.8 Å². The minimum Gasteiger partial charge on any atom is -0.480 e. The van der Waals surface area contributed by atoms with Crippen LogP contribution in [0, 0.1) is 11.7 Å². The lowest BCUT2D eigenvalue weighted by atomic mass is 9.96. The molecule has 1 saturated carbocycles. The van der Waals surface area contributed by atoms with Crippen LogP contribution < -0.4 is 4.72 Å². The highest BCUT2D eigenvalue weighted by molar-refractivity contribution is 7.89. The van der Waals surface area contributed by atoms with Gasteiger partial charge in [0.1, 0.15) is 18.6 Å². The van der Waals surface area contributed by atoms with Gasteiger partial charge in [0.15, 0.2) is 0 Å². The second kappa shape index (κ2) is 9.38. The molecule has 1 aliphatic rings. The third-order valence-corrected chi connectivity index (χ3v) is 5.97. The summed E-state index contributed by atoms with van der Waals surface area (Å²) in [6.07, 6.45) is 1.27. The van der Waals surface area contributed by atoms with E-state index in [2.05, 4.69) is 4.72 Å². The minimum atomic E-state index is -3.84.